The summed E-state index contributed by atoms with van der Waals surface area (Å²) in [6.07, 6.45) is 1.97. The predicted octanol–water partition coefficient (Wildman–Crippen LogP) is 3.03. The van der Waals surface area contributed by atoms with Crippen molar-refractivity contribution in [3.63, 3.8) is 0 Å². The molecule has 0 amide bonds. The Hall–Kier alpha value is -1.06. The Morgan fingerprint density at radius 3 is 2.32 bits per heavy atom. The van der Waals surface area contributed by atoms with Crippen LogP contribution in [0.3, 0.4) is 0 Å². The van der Waals surface area contributed by atoms with Gasteiger partial charge in [0, 0.05) is 12.6 Å². The number of hydrogen-bond donors (Lipinski definition) is 1. The van der Waals surface area contributed by atoms with E-state index in [9.17, 15) is 0 Å². The first kappa shape index (κ1) is 16.0. The molecule has 3 nitrogen and oxygen atoms in total. The molecule has 0 atom stereocenters. The molecule has 0 aromatic heterocycles. The zero-order chi connectivity index (χ0) is 14.1. The monoisotopic (exact) mass is 265 g/mol. The van der Waals surface area contributed by atoms with Gasteiger partial charge in [-0.25, -0.2) is 0 Å². The lowest BCUT2D eigenvalue weighted by atomic mass is 10.1. The molecular weight excluding hydrogens is 238 g/mol. The molecule has 1 rings (SSSR count). The summed E-state index contributed by atoms with van der Waals surface area (Å²) in [5.41, 5.74) is 1.46. The van der Waals surface area contributed by atoms with E-state index in [1.807, 2.05) is 12.1 Å². The number of ether oxygens (including phenoxy) is 2. The highest BCUT2D eigenvalue weighted by Gasteiger charge is 2.07. The fourth-order valence-corrected chi connectivity index (χ4v) is 1.70. The van der Waals surface area contributed by atoms with Gasteiger partial charge in [-0.05, 0) is 57.9 Å². The van der Waals surface area contributed by atoms with Crippen LogP contribution in [-0.2, 0) is 11.2 Å². The third-order valence-electron chi connectivity index (χ3n) is 2.76. The summed E-state index contributed by atoms with van der Waals surface area (Å²) in [5, 5.41) is 3.45. The van der Waals surface area contributed by atoms with Gasteiger partial charge in [0.25, 0.3) is 0 Å². The Balaban J connectivity index is 2.19. The Labute approximate surface area is 117 Å². The molecule has 0 spiro atoms. The molecular formula is C16H27NO2. The van der Waals surface area contributed by atoms with Crippen LogP contribution in [0.4, 0.5) is 0 Å². The summed E-state index contributed by atoms with van der Waals surface area (Å²) in [5.74, 6) is 0.942. The fourth-order valence-electron chi connectivity index (χ4n) is 1.70. The van der Waals surface area contributed by atoms with Crippen LogP contribution < -0.4 is 10.1 Å². The van der Waals surface area contributed by atoms with Crippen molar-refractivity contribution in [1.29, 1.82) is 0 Å². The topological polar surface area (TPSA) is 30.5 Å². The van der Waals surface area contributed by atoms with Crippen molar-refractivity contribution in [3.8, 4) is 5.75 Å². The quantitative estimate of drug-likeness (QED) is 0.733. The van der Waals surface area contributed by atoms with Gasteiger partial charge in [0.2, 0.25) is 0 Å². The molecule has 0 radical (unpaired) electrons. The summed E-state index contributed by atoms with van der Waals surface area (Å²) >= 11 is 0. The molecule has 1 aromatic carbocycles. The molecule has 108 valence electrons. The van der Waals surface area contributed by atoms with Gasteiger partial charge in [0.1, 0.15) is 5.75 Å². The van der Waals surface area contributed by atoms with Crippen LogP contribution in [0.2, 0.25) is 0 Å². The van der Waals surface area contributed by atoms with Gasteiger partial charge in [-0.15, -0.1) is 0 Å². The van der Waals surface area contributed by atoms with Crippen LogP contribution in [-0.4, -0.2) is 32.4 Å². The Morgan fingerprint density at radius 2 is 1.74 bits per heavy atom. The SMILES string of the molecule is COCCc1ccc(OCCCNC(C)(C)C)cc1. The van der Waals surface area contributed by atoms with E-state index in [0.717, 1.165) is 38.3 Å². The maximum absolute atomic E-state index is 5.71. The minimum absolute atomic E-state index is 0.184. The lowest BCUT2D eigenvalue weighted by Crippen LogP contribution is -2.36. The Bertz CT molecular complexity index is 341. The van der Waals surface area contributed by atoms with Gasteiger partial charge in [-0.1, -0.05) is 12.1 Å². The zero-order valence-electron chi connectivity index (χ0n) is 12.7. The summed E-state index contributed by atoms with van der Waals surface area (Å²) in [4.78, 5) is 0. The largest absolute Gasteiger partial charge is 0.494 e. The highest BCUT2D eigenvalue weighted by Crippen LogP contribution is 2.12. The molecule has 0 saturated heterocycles. The second kappa shape index (κ2) is 8.18. The molecule has 0 fully saturated rings. The number of hydrogen-bond acceptors (Lipinski definition) is 3. The average molecular weight is 265 g/mol. The Kier molecular flexibility index (Phi) is 6.89. The second-order valence-corrected chi connectivity index (χ2v) is 5.77. The molecule has 0 aliphatic heterocycles. The van der Waals surface area contributed by atoms with Crippen molar-refractivity contribution >= 4 is 0 Å². The zero-order valence-corrected chi connectivity index (χ0v) is 12.7. The standard InChI is InChI=1S/C16H27NO2/c1-16(2,3)17-11-5-12-19-15-8-6-14(7-9-15)10-13-18-4/h6-9,17H,5,10-13H2,1-4H3. The van der Waals surface area contributed by atoms with Gasteiger partial charge in [0.05, 0.1) is 13.2 Å². The fraction of sp³-hybridized carbons (Fsp3) is 0.625. The molecule has 0 heterocycles. The number of methoxy groups -OCH3 is 1. The molecule has 0 bridgehead atoms. The third kappa shape index (κ3) is 7.85. The van der Waals surface area contributed by atoms with Crippen molar-refractivity contribution in [3.05, 3.63) is 29.8 Å². The number of nitrogens with one attached hydrogen (secondary N) is 1. The van der Waals surface area contributed by atoms with Crippen LogP contribution in [0.25, 0.3) is 0 Å². The predicted molar refractivity (Wildman–Crippen MR) is 79.9 cm³/mol. The summed E-state index contributed by atoms with van der Waals surface area (Å²) in [7, 11) is 1.73. The maximum atomic E-state index is 5.71. The minimum atomic E-state index is 0.184. The molecule has 19 heavy (non-hydrogen) atoms. The van der Waals surface area contributed by atoms with Crippen LogP contribution in [0.15, 0.2) is 24.3 Å². The summed E-state index contributed by atoms with van der Waals surface area (Å²) < 4.78 is 10.8. The highest BCUT2D eigenvalue weighted by atomic mass is 16.5. The van der Waals surface area contributed by atoms with Crippen molar-refractivity contribution in [2.45, 2.75) is 39.2 Å². The first-order valence-electron chi connectivity index (χ1n) is 6.97. The van der Waals surface area contributed by atoms with E-state index in [1.54, 1.807) is 7.11 Å². The van der Waals surface area contributed by atoms with E-state index in [-0.39, 0.29) is 5.54 Å². The van der Waals surface area contributed by atoms with E-state index >= 15 is 0 Å². The van der Waals surface area contributed by atoms with E-state index < -0.39 is 0 Å². The van der Waals surface area contributed by atoms with E-state index in [4.69, 9.17) is 9.47 Å². The molecule has 0 aliphatic carbocycles. The van der Waals surface area contributed by atoms with Crippen LogP contribution in [0.1, 0.15) is 32.8 Å². The lowest BCUT2D eigenvalue weighted by molar-refractivity contribution is 0.202. The molecule has 1 aromatic rings. The van der Waals surface area contributed by atoms with Gasteiger partial charge in [-0.3, -0.25) is 0 Å². The Morgan fingerprint density at radius 1 is 1.05 bits per heavy atom. The van der Waals surface area contributed by atoms with Crippen LogP contribution >= 0.6 is 0 Å². The normalized spacial score (nSPS) is 11.6. The van der Waals surface area contributed by atoms with Crippen molar-refractivity contribution in [1.82, 2.24) is 5.32 Å². The first-order chi connectivity index (χ1) is 9.01. The lowest BCUT2D eigenvalue weighted by Gasteiger charge is -2.20. The van der Waals surface area contributed by atoms with Crippen LogP contribution in [0, 0.1) is 0 Å². The van der Waals surface area contributed by atoms with E-state index in [1.165, 1.54) is 5.56 Å². The molecule has 0 aliphatic rings. The minimum Gasteiger partial charge on any atom is -0.494 e. The highest BCUT2D eigenvalue weighted by molar-refractivity contribution is 5.27. The van der Waals surface area contributed by atoms with Crippen molar-refractivity contribution in [2.24, 2.45) is 0 Å². The smallest absolute Gasteiger partial charge is 0.119 e. The molecule has 0 unspecified atom stereocenters. The van der Waals surface area contributed by atoms with Gasteiger partial charge < -0.3 is 14.8 Å². The van der Waals surface area contributed by atoms with E-state index in [0.29, 0.717) is 0 Å². The van der Waals surface area contributed by atoms with Gasteiger partial charge >= 0.3 is 0 Å². The number of rotatable bonds is 8. The van der Waals surface area contributed by atoms with Gasteiger partial charge in [0.15, 0.2) is 0 Å². The summed E-state index contributed by atoms with van der Waals surface area (Å²) in [6, 6.07) is 8.26. The van der Waals surface area contributed by atoms with Gasteiger partial charge in [-0.2, -0.15) is 0 Å². The van der Waals surface area contributed by atoms with Crippen LogP contribution in [0.5, 0.6) is 5.75 Å². The summed E-state index contributed by atoms with van der Waals surface area (Å²) in [6.45, 7) is 9.01. The molecule has 0 saturated carbocycles. The maximum Gasteiger partial charge on any atom is 0.119 e. The van der Waals surface area contributed by atoms with Crippen molar-refractivity contribution < 1.29 is 9.47 Å². The second-order valence-electron chi connectivity index (χ2n) is 5.77. The first-order valence-corrected chi connectivity index (χ1v) is 6.97. The number of benzene rings is 1. The molecule has 1 N–H and O–H groups in total. The van der Waals surface area contributed by atoms with Crippen molar-refractivity contribution in [2.75, 3.05) is 26.9 Å². The average Bonchev–Trinajstić information content (AvgIpc) is 2.36. The molecule has 3 heteroatoms. The van der Waals surface area contributed by atoms with E-state index in [2.05, 4.69) is 38.2 Å². The third-order valence-corrected chi connectivity index (χ3v) is 2.76.